The van der Waals surface area contributed by atoms with Crippen molar-refractivity contribution in [1.82, 2.24) is 0 Å². The summed E-state index contributed by atoms with van der Waals surface area (Å²) in [6, 6.07) is 0. The van der Waals surface area contributed by atoms with E-state index >= 15 is 0 Å². The largest absolute Gasteiger partial charge is 0.693 e. The Morgan fingerprint density at radius 3 is 1.15 bits per heavy atom. The van der Waals surface area contributed by atoms with Gasteiger partial charge in [0.25, 0.3) is 6.47 Å². The van der Waals surface area contributed by atoms with E-state index in [1.165, 1.54) is 0 Å². The minimum absolute atomic E-state index is 0. The van der Waals surface area contributed by atoms with Crippen LogP contribution in [0.4, 0.5) is 0 Å². The van der Waals surface area contributed by atoms with E-state index in [1.54, 1.807) is 13.8 Å². The van der Waals surface area contributed by atoms with Gasteiger partial charge in [-0.05, 0) is 0 Å². The summed E-state index contributed by atoms with van der Waals surface area (Å²) in [6.45, 7) is 9.75. The summed E-state index contributed by atoms with van der Waals surface area (Å²) >= 11 is 0. The van der Waals surface area contributed by atoms with Gasteiger partial charge in [-0.2, -0.15) is 13.8 Å². The molecular weight excluding hydrogens is 252 g/mol. The van der Waals surface area contributed by atoms with E-state index in [9.17, 15) is 0 Å². The zero-order valence-electron chi connectivity index (χ0n) is 7.80. The predicted molar refractivity (Wildman–Crippen MR) is 47.4 cm³/mol. The van der Waals surface area contributed by atoms with Crippen molar-refractivity contribution in [3.05, 3.63) is 20.0 Å². The first kappa shape index (κ1) is 38.3. The van der Waals surface area contributed by atoms with Crippen molar-refractivity contribution in [2.24, 2.45) is 0 Å². The van der Waals surface area contributed by atoms with Crippen LogP contribution in [0.3, 0.4) is 0 Å². The minimum Gasteiger partial charge on any atom is -0.693 e. The summed E-state index contributed by atoms with van der Waals surface area (Å²) < 4.78 is 24.1. The fourth-order valence-corrected chi connectivity index (χ4v) is 0. The van der Waals surface area contributed by atoms with Crippen molar-refractivity contribution in [2.45, 2.75) is 13.8 Å². The molecule has 0 radical (unpaired) electrons. The first-order valence-corrected chi connectivity index (χ1v) is 3.46. The number of hydrogen-bond acceptors (Lipinski definition) is 4. The molecule has 82 valence electrons. The summed E-state index contributed by atoms with van der Waals surface area (Å²) in [5.74, 6) is 0. The maximum Gasteiger partial charge on any atom is 0.290 e. The fraction of sp³-hybridized carbons (Fsp3) is 0.400. The third-order valence-corrected chi connectivity index (χ3v) is 0. The summed E-state index contributed by atoms with van der Waals surface area (Å²) in [4.78, 5) is 8.36. The molecule has 0 unspecified atom stereocenters. The average molecular weight is 267 g/mol. The molecular formula is C5H15NO5SZn-4. The number of nitrogens with two attached hydrogens (primary N) is 1. The number of hydrogen-bond donors (Lipinski definition) is 2. The Balaban J connectivity index is -0.0000000125. The smallest absolute Gasteiger partial charge is 0.290 e. The molecule has 0 aliphatic carbocycles. The fourth-order valence-electron chi connectivity index (χ4n) is 0. The van der Waals surface area contributed by atoms with E-state index in [1.807, 2.05) is 0 Å². The predicted octanol–water partition coefficient (Wildman–Crippen LogP) is 1.86. The second-order valence-electron chi connectivity index (χ2n) is 0.323. The van der Waals surface area contributed by atoms with E-state index in [-0.39, 0.29) is 32.1 Å². The van der Waals surface area contributed by atoms with E-state index in [4.69, 9.17) is 22.9 Å². The molecule has 6 nitrogen and oxygen atoms in total. The van der Waals surface area contributed by atoms with Crippen LogP contribution < -0.4 is 0 Å². The van der Waals surface area contributed by atoms with Crippen LogP contribution in [0.2, 0.25) is 0 Å². The Bertz CT molecular complexity index is 101. The van der Waals surface area contributed by atoms with Crippen molar-refractivity contribution in [1.29, 1.82) is 0 Å². The Morgan fingerprint density at radius 1 is 1.15 bits per heavy atom. The van der Waals surface area contributed by atoms with Crippen molar-refractivity contribution in [3.8, 4) is 0 Å². The van der Waals surface area contributed by atoms with Crippen LogP contribution in [-0.4, -0.2) is 16.1 Å². The molecule has 0 atom stereocenters. The zero-order valence-corrected chi connectivity index (χ0v) is 11.6. The second-order valence-corrected chi connectivity index (χ2v) is 0.757. The summed E-state index contributed by atoms with van der Waals surface area (Å²) in [5, 5.41) is 6.89. The normalized spacial score (nSPS) is 4.46. The first-order chi connectivity index (χ1) is 5.15. The topological polar surface area (TPSA) is 125 Å². The summed E-state index contributed by atoms with van der Waals surface area (Å²) in [7, 11) is -2.86. The summed E-state index contributed by atoms with van der Waals surface area (Å²) in [6.07, 6.45) is 0. The average Bonchev–Trinajstić information content (AvgIpc) is 1.96. The van der Waals surface area contributed by atoms with Gasteiger partial charge in [0, 0.05) is 30.5 Å². The molecule has 0 rings (SSSR count). The monoisotopic (exact) mass is 265 g/mol. The quantitative estimate of drug-likeness (QED) is 0.173. The van der Waals surface area contributed by atoms with Gasteiger partial charge in [-0.3, -0.25) is 4.79 Å². The molecule has 0 aliphatic rings. The summed E-state index contributed by atoms with van der Waals surface area (Å²) in [5.41, 5.74) is 0. The van der Waals surface area contributed by atoms with Crippen LogP contribution in [0.25, 0.3) is 6.15 Å². The van der Waals surface area contributed by atoms with Crippen LogP contribution >= 0.6 is 0 Å². The van der Waals surface area contributed by atoms with Gasteiger partial charge in [0.05, 0.1) is 0 Å². The van der Waals surface area contributed by atoms with Crippen LogP contribution in [0, 0.1) is 13.8 Å². The third-order valence-electron chi connectivity index (χ3n) is 0. The third kappa shape index (κ3) is 885000. The Kier molecular flexibility index (Phi) is 269. The van der Waals surface area contributed by atoms with Crippen molar-refractivity contribution in [3.63, 3.8) is 0 Å². The molecule has 0 aromatic heterocycles. The van der Waals surface area contributed by atoms with Gasteiger partial charge in [-0.25, -0.2) is 0 Å². The number of carboxylic acid groups (broad SMARTS) is 1. The van der Waals surface area contributed by atoms with Gasteiger partial charge in [-0.1, -0.05) is 0 Å². The number of rotatable bonds is 0. The molecule has 4 N–H and O–H groups in total. The Labute approximate surface area is 93.9 Å². The molecule has 0 fully saturated rings. The maximum atomic E-state index is 8.56. The molecule has 0 spiro atoms. The molecule has 0 saturated heterocycles. The molecule has 0 aliphatic heterocycles. The van der Waals surface area contributed by atoms with Crippen LogP contribution in [0.1, 0.15) is 13.8 Å². The Morgan fingerprint density at radius 2 is 1.15 bits per heavy atom. The maximum absolute atomic E-state index is 8.56. The van der Waals surface area contributed by atoms with Crippen molar-refractivity contribution < 1.29 is 42.3 Å². The molecule has 0 amide bonds. The minimum atomic E-state index is -2.86. The molecule has 13 heavy (non-hydrogen) atoms. The molecule has 0 saturated carbocycles. The Hall–Kier alpha value is -0.0366. The van der Waals surface area contributed by atoms with E-state index in [2.05, 4.69) is 13.8 Å². The van der Waals surface area contributed by atoms with Crippen LogP contribution in [-0.2, 0) is 43.7 Å². The zero-order chi connectivity index (χ0) is 10.3. The van der Waals surface area contributed by atoms with Gasteiger partial charge >= 0.3 is 0 Å². The van der Waals surface area contributed by atoms with Gasteiger partial charge in [0.2, 0.25) is 0 Å². The van der Waals surface area contributed by atoms with Gasteiger partial charge in [0.1, 0.15) is 0 Å². The van der Waals surface area contributed by atoms with Crippen molar-refractivity contribution in [2.75, 3.05) is 0 Å². The van der Waals surface area contributed by atoms with E-state index < -0.39 is 11.0 Å². The van der Waals surface area contributed by atoms with E-state index in [0.717, 1.165) is 0 Å². The standard InChI is InChI=1S/2C2H5.CH2O2.H2N.HO3S.Zn/c2*1-2;2-1-3;;1-4(2)3;/h2*1H2,2H3;1H,(H,2,3);1H2;(H,1,2,3);/q2*-1;;2*-1;. The number of carbonyl (C=O) groups is 1. The van der Waals surface area contributed by atoms with Crippen LogP contribution in [0.15, 0.2) is 0 Å². The van der Waals surface area contributed by atoms with Crippen molar-refractivity contribution >= 4 is 17.5 Å². The van der Waals surface area contributed by atoms with E-state index in [0.29, 0.717) is 0 Å². The molecule has 0 aromatic carbocycles. The molecule has 0 aromatic rings. The van der Waals surface area contributed by atoms with Crippen LogP contribution in [0.5, 0.6) is 0 Å². The van der Waals surface area contributed by atoms with Gasteiger partial charge < -0.3 is 38.1 Å². The molecule has 0 heterocycles. The second kappa shape index (κ2) is 91.5. The van der Waals surface area contributed by atoms with Gasteiger partial charge in [0.15, 0.2) is 0 Å². The first-order valence-electron chi connectivity index (χ1n) is 2.42. The molecule has 0 bridgehead atoms. The van der Waals surface area contributed by atoms with Gasteiger partial charge in [-0.15, -0.1) is 0 Å². The SMILES string of the molecule is O=CO.O=[S-](=O)O.[CH2-]C.[CH2-]C.[NH2-].[Zn]. The molecule has 8 heteroatoms.